The molecule has 0 atom stereocenters. The van der Waals surface area contributed by atoms with Gasteiger partial charge in [0.15, 0.2) is 0 Å². The average Bonchev–Trinajstić information content (AvgIpc) is 3.19. The Bertz CT molecular complexity index is 973. The van der Waals surface area contributed by atoms with Crippen LogP contribution in [0.15, 0.2) is 47.0 Å². The maximum atomic E-state index is 5.41. The van der Waals surface area contributed by atoms with Crippen molar-refractivity contribution in [3.8, 4) is 28.6 Å². The fourth-order valence-corrected chi connectivity index (χ4v) is 3.24. The van der Waals surface area contributed by atoms with E-state index >= 15 is 0 Å². The molecular weight excluding hydrogens is 310 g/mol. The molecule has 0 aliphatic carbocycles. The molecule has 0 bridgehead atoms. The summed E-state index contributed by atoms with van der Waals surface area (Å²) in [6, 6.07) is 13.5. The van der Waals surface area contributed by atoms with E-state index in [1.807, 2.05) is 49.4 Å². The molecule has 0 radical (unpaired) electrons. The molecule has 5 nitrogen and oxygen atoms in total. The first-order valence-electron chi connectivity index (χ1n) is 7.08. The Morgan fingerprint density at radius 3 is 2.57 bits per heavy atom. The summed E-state index contributed by atoms with van der Waals surface area (Å²) < 4.78 is 11.7. The molecule has 0 aliphatic rings. The SMILES string of the molecule is COc1ccc(-c2noc(-c3ccc4nc(C)sc4c3)n2)cc1. The van der Waals surface area contributed by atoms with Gasteiger partial charge in [-0.1, -0.05) is 5.16 Å². The smallest absolute Gasteiger partial charge is 0.258 e. The first-order valence-corrected chi connectivity index (χ1v) is 7.90. The van der Waals surface area contributed by atoms with E-state index in [0.717, 1.165) is 32.1 Å². The number of thiazole rings is 1. The van der Waals surface area contributed by atoms with E-state index < -0.39 is 0 Å². The van der Waals surface area contributed by atoms with Gasteiger partial charge < -0.3 is 9.26 Å². The van der Waals surface area contributed by atoms with Crippen molar-refractivity contribution in [2.24, 2.45) is 0 Å². The minimum Gasteiger partial charge on any atom is -0.497 e. The zero-order valence-corrected chi connectivity index (χ0v) is 13.4. The summed E-state index contributed by atoms with van der Waals surface area (Å²) in [5.74, 6) is 1.86. The molecule has 0 saturated carbocycles. The number of methoxy groups -OCH3 is 1. The van der Waals surface area contributed by atoms with Crippen LogP contribution < -0.4 is 4.74 Å². The number of hydrogen-bond acceptors (Lipinski definition) is 6. The topological polar surface area (TPSA) is 61.0 Å². The fraction of sp³-hybridized carbons (Fsp3) is 0.118. The normalized spacial score (nSPS) is 11.0. The molecule has 114 valence electrons. The minimum absolute atomic E-state index is 0.503. The van der Waals surface area contributed by atoms with E-state index in [2.05, 4.69) is 15.1 Å². The third-order valence-electron chi connectivity index (χ3n) is 3.52. The number of fused-ring (bicyclic) bond motifs is 1. The van der Waals surface area contributed by atoms with Crippen molar-refractivity contribution in [1.82, 2.24) is 15.1 Å². The summed E-state index contributed by atoms with van der Waals surface area (Å²) in [4.78, 5) is 8.94. The van der Waals surface area contributed by atoms with E-state index in [4.69, 9.17) is 9.26 Å². The first kappa shape index (κ1) is 13.9. The van der Waals surface area contributed by atoms with Crippen molar-refractivity contribution >= 4 is 21.6 Å². The summed E-state index contributed by atoms with van der Waals surface area (Å²) in [6.45, 7) is 2.00. The summed E-state index contributed by atoms with van der Waals surface area (Å²) in [6.07, 6.45) is 0. The van der Waals surface area contributed by atoms with Crippen molar-refractivity contribution in [2.75, 3.05) is 7.11 Å². The van der Waals surface area contributed by atoms with E-state index in [1.165, 1.54) is 0 Å². The molecule has 0 saturated heterocycles. The number of nitrogens with zero attached hydrogens (tertiary/aromatic N) is 3. The fourth-order valence-electron chi connectivity index (χ4n) is 2.37. The molecule has 4 rings (SSSR count). The van der Waals surface area contributed by atoms with Gasteiger partial charge >= 0.3 is 0 Å². The van der Waals surface area contributed by atoms with Crippen LogP contribution in [-0.4, -0.2) is 22.2 Å². The summed E-state index contributed by atoms with van der Waals surface area (Å²) in [5.41, 5.74) is 2.77. The van der Waals surface area contributed by atoms with Crippen LogP contribution in [0.2, 0.25) is 0 Å². The molecule has 0 unspecified atom stereocenters. The maximum Gasteiger partial charge on any atom is 0.258 e. The summed E-state index contributed by atoms with van der Waals surface area (Å²) in [5, 5.41) is 5.11. The zero-order valence-electron chi connectivity index (χ0n) is 12.6. The predicted molar refractivity (Wildman–Crippen MR) is 89.6 cm³/mol. The standard InChI is InChI=1S/C17H13N3O2S/c1-10-18-14-8-5-12(9-15(14)23-10)17-19-16(20-22-17)11-3-6-13(21-2)7-4-11/h3-9H,1-2H3. The van der Waals surface area contributed by atoms with Crippen molar-refractivity contribution < 1.29 is 9.26 Å². The Balaban J connectivity index is 1.70. The number of aromatic nitrogens is 3. The zero-order chi connectivity index (χ0) is 15.8. The Hall–Kier alpha value is -2.73. The molecular formula is C17H13N3O2S. The Kier molecular flexibility index (Phi) is 3.31. The van der Waals surface area contributed by atoms with Gasteiger partial charge in [0.25, 0.3) is 5.89 Å². The van der Waals surface area contributed by atoms with Crippen molar-refractivity contribution in [3.63, 3.8) is 0 Å². The highest BCUT2D eigenvalue weighted by molar-refractivity contribution is 7.18. The second-order valence-electron chi connectivity index (χ2n) is 5.07. The van der Waals surface area contributed by atoms with Crippen LogP contribution in [0, 0.1) is 6.92 Å². The van der Waals surface area contributed by atoms with Gasteiger partial charge in [-0.05, 0) is 49.4 Å². The van der Waals surface area contributed by atoms with E-state index in [9.17, 15) is 0 Å². The molecule has 0 aliphatic heterocycles. The summed E-state index contributed by atoms with van der Waals surface area (Å²) >= 11 is 1.65. The van der Waals surface area contributed by atoms with Crippen LogP contribution in [0.5, 0.6) is 5.75 Å². The molecule has 2 heterocycles. The lowest BCUT2D eigenvalue weighted by atomic mass is 10.2. The van der Waals surface area contributed by atoms with Crippen LogP contribution in [0.4, 0.5) is 0 Å². The minimum atomic E-state index is 0.503. The first-order chi connectivity index (χ1) is 11.2. The maximum absolute atomic E-state index is 5.41. The van der Waals surface area contributed by atoms with E-state index in [1.54, 1.807) is 18.4 Å². The largest absolute Gasteiger partial charge is 0.497 e. The van der Waals surface area contributed by atoms with Crippen LogP contribution in [-0.2, 0) is 0 Å². The Labute approximate surface area is 136 Å². The molecule has 6 heteroatoms. The van der Waals surface area contributed by atoms with Gasteiger partial charge in [-0.15, -0.1) is 11.3 Å². The van der Waals surface area contributed by atoms with Gasteiger partial charge in [-0.25, -0.2) is 4.98 Å². The lowest BCUT2D eigenvalue weighted by molar-refractivity contribution is 0.415. The van der Waals surface area contributed by atoms with Crippen molar-refractivity contribution in [2.45, 2.75) is 6.92 Å². The van der Waals surface area contributed by atoms with Crippen molar-refractivity contribution in [3.05, 3.63) is 47.5 Å². The highest BCUT2D eigenvalue weighted by atomic mass is 32.1. The van der Waals surface area contributed by atoms with Gasteiger partial charge in [-0.2, -0.15) is 4.98 Å². The molecule has 0 N–H and O–H groups in total. The molecule has 0 amide bonds. The van der Waals surface area contributed by atoms with Crippen LogP contribution in [0.25, 0.3) is 33.1 Å². The third kappa shape index (κ3) is 2.57. The Morgan fingerprint density at radius 2 is 1.78 bits per heavy atom. The molecule has 2 aromatic heterocycles. The van der Waals surface area contributed by atoms with Gasteiger partial charge in [-0.3, -0.25) is 0 Å². The Morgan fingerprint density at radius 1 is 1.00 bits per heavy atom. The predicted octanol–water partition coefficient (Wildman–Crippen LogP) is 4.33. The highest BCUT2D eigenvalue weighted by Crippen LogP contribution is 2.28. The summed E-state index contributed by atoms with van der Waals surface area (Å²) in [7, 11) is 1.64. The molecule has 4 aromatic rings. The quantitative estimate of drug-likeness (QED) is 0.561. The van der Waals surface area contributed by atoms with Gasteiger partial charge in [0, 0.05) is 11.1 Å². The number of aryl methyl sites for hydroxylation is 1. The van der Waals surface area contributed by atoms with Gasteiger partial charge in [0.05, 0.1) is 22.3 Å². The molecule has 0 spiro atoms. The third-order valence-corrected chi connectivity index (χ3v) is 4.45. The molecule has 23 heavy (non-hydrogen) atoms. The number of benzene rings is 2. The van der Waals surface area contributed by atoms with Crippen LogP contribution in [0.1, 0.15) is 5.01 Å². The van der Waals surface area contributed by atoms with Crippen molar-refractivity contribution in [1.29, 1.82) is 0 Å². The number of rotatable bonds is 3. The second-order valence-corrected chi connectivity index (χ2v) is 6.30. The van der Waals surface area contributed by atoms with Gasteiger partial charge in [0.2, 0.25) is 5.82 Å². The highest BCUT2D eigenvalue weighted by Gasteiger charge is 2.12. The monoisotopic (exact) mass is 323 g/mol. The number of ether oxygens (including phenoxy) is 1. The number of hydrogen-bond donors (Lipinski definition) is 0. The second kappa shape index (κ2) is 5.48. The van der Waals surface area contributed by atoms with Gasteiger partial charge in [0.1, 0.15) is 5.75 Å². The molecule has 0 fully saturated rings. The lowest BCUT2D eigenvalue weighted by Gasteiger charge is -1.99. The van der Waals surface area contributed by atoms with E-state index in [-0.39, 0.29) is 0 Å². The van der Waals surface area contributed by atoms with Crippen LogP contribution >= 0.6 is 11.3 Å². The molecule has 2 aromatic carbocycles. The van der Waals surface area contributed by atoms with E-state index in [0.29, 0.717) is 11.7 Å². The van der Waals surface area contributed by atoms with Crippen LogP contribution in [0.3, 0.4) is 0 Å². The average molecular weight is 323 g/mol. The lowest BCUT2D eigenvalue weighted by Crippen LogP contribution is -1.84.